The lowest BCUT2D eigenvalue weighted by molar-refractivity contribution is -0.207. The summed E-state index contributed by atoms with van der Waals surface area (Å²) in [4.78, 5) is 0. The van der Waals surface area contributed by atoms with E-state index in [2.05, 4.69) is 15.9 Å². The summed E-state index contributed by atoms with van der Waals surface area (Å²) in [6.07, 6.45) is -7.07. The van der Waals surface area contributed by atoms with Crippen LogP contribution in [0.3, 0.4) is 0 Å². The highest BCUT2D eigenvalue weighted by Gasteiger charge is 2.40. The Bertz CT molecular complexity index is 340. The van der Waals surface area contributed by atoms with E-state index in [-0.39, 0.29) is 10.0 Å². The molecule has 0 saturated carbocycles. The molecule has 6 heteroatoms. The van der Waals surface area contributed by atoms with Gasteiger partial charge in [0.25, 0.3) is 0 Å². The summed E-state index contributed by atoms with van der Waals surface area (Å²) in [6.45, 7) is 0. The third-order valence-electron chi connectivity index (χ3n) is 1.57. The molecule has 14 heavy (non-hydrogen) atoms. The van der Waals surface area contributed by atoms with E-state index in [4.69, 9.17) is 5.11 Å². The normalized spacial score (nSPS) is 14.1. The smallest absolute Gasteiger partial charge is 0.379 e. The van der Waals surface area contributed by atoms with Gasteiger partial charge in [0.05, 0.1) is 0 Å². The van der Waals surface area contributed by atoms with Crippen LogP contribution in [-0.4, -0.2) is 11.3 Å². The van der Waals surface area contributed by atoms with E-state index in [1.54, 1.807) is 0 Å². The van der Waals surface area contributed by atoms with E-state index in [1.165, 1.54) is 18.2 Å². The zero-order valence-electron chi connectivity index (χ0n) is 6.65. The molecule has 0 aromatic heterocycles. The number of hydrogen-bond donors (Lipinski definition) is 1. The van der Waals surface area contributed by atoms with Gasteiger partial charge in [-0.1, -0.05) is 22.0 Å². The van der Waals surface area contributed by atoms with Crippen LogP contribution in [0.25, 0.3) is 0 Å². The van der Waals surface area contributed by atoms with Gasteiger partial charge in [0, 0.05) is 13.6 Å². The van der Waals surface area contributed by atoms with Crippen molar-refractivity contribution in [3.05, 3.63) is 31.8 Å². The van der Waals surface area contributed by atoms with Gasteiger partial charge in [-0.25, -0.2) is 0 Å². The Morgan fingerprint density at radius 2 is 1.93 bits per heavy atom. The minimum atomic E-state index is -4.63. The minimum absolute atomic E-state index is 0.169. The van der Waals surface area contributed by atoms with Gasteiger partial charge in [-0.3, -0.25) is 0 Å². The number of rotatable bonds is 1. The van der Waals surface area contributed by atoms with Crippen LogP contribution in [-0.2, 0) is 0 Å². The molecule has 0 heterocycles. The molecule has 1 rings (SSSR count). The molecule has 1 aromatic carbocycles. The molecule has 1 atom stereocenters. The lowest BCUT2D eigenvalue weighted by atomic mass is 10.1. The molecule has 78 valence electrons. The molecule has 0 saturated heterocycles. The lowest BCUT2D eigenvalue weighted by Gasteiger charge is -2.16. The fourth-order valence-electron chi connectivity index (χ4n) is 0.900. The van der Waals surface area contributed by atoms with Gasteiger partial charge >= 0.3 is 6.18 Å². The molecule has 0 spiro atoms. The van der Waals surface area contributed by atoms with Crippen molar-refractivity contribution in [3.8, 4) is 0 Å². The van der Waals surface area contributed by atoms with Crippen LogP contribution in [0.5, 0.6) is 0 Å². The SMILES string of the molecule is OC(c1ccc(I)cc1Br)C(F)(F)F. The van der Waals surface area contributed by atoms with Gasteiger partial charge in [-0.15, -0.1) is 0 Å². The van der Waals surface area contributed by atoms with Crippen molar-refractivity contribution in [2.24, 2.45) is 0 Å². The van der Waals surface area contributed by atoms with Crippen molar-refractivity contribution in [2.75, 3.05) is 0 Å². The molecule has 1 unspecified atom stereocenters. The molecule has 1 aromatic rings. The monoisotopic (exact) mass is 380 g/mol. The molecular weight excluding hydrogens is 376 g/mol. The van der Waals surface area contributed by atoms with Gasteiger partial charge in [0.15, 0.2) is 6.10 Å². The van der Waals surface area contributed by atoms with E-state index in [0.717, 1.165) is 3.57 Å². The average Bonchev–Trinajstić information content (AvgIpc) is 2.01. The minimum Gasteiger partial charge on any atom is -0.379 e. The van der Waals surface area contributed by atoms with Gasteiger partial charge in [0.2, 0.25) is 0 Å². The highest BCUT2D eigenvalue weighted by molar-refractivity contribution is 14.1. The Balaban J connectivity index is 3.08. The molecule has 0 fully saturated rings. The van der Waals surface area contributed by atoms with Gasteiger partial charge in [-0.05, 0) is 34.7 Å². The van der Waals surface area contributed by atoms with Gasteiger partial charge in [0.1, 0.15) is 0 Å². The first-order chi connectivity index (χ1) is 6.32. The quantitative estimate of drug-likeness (QED) is 0.737. The second kappa shape index (κ2) is 4.36. The van der Waals surface area contributed by atoms with Gasteiger partial charge in [-0.2, -0.15) is 13.2 Å². The molecule has 0 bridgehead atoms. The number of halogens is 5. The Hall–Kier alpha value is 0.180. The van der Waals surface area contributed by atoms with Crippen molar-refractivity contribution in [2.45, 2.75) is 12.3 Å². The third kappa shape index (κ3) is 2.83. The topological polar surface area (TPSA) is 20.2 Å². The Morgan fingerprint density at radius 3 is 2.36 bits per heavy atom. The zero-order chi connectivity index (χ0) is 10.9. The summed E-state index contributed by atoms with van der Waals surface area (Å²) in [6, 6.07) is 4.28. The molecule has 0 aliphatic heterocycles. The summed E-state index contributed by atoms with van der Waals surface area (Å²) in [5.74, 6) is 0. The standard InChI is InChI=1S/C8H5BrF3IO/c9-6-3-4(13)1-2-5(6)7(14)8(10,11)12/h1-3,7,14H. The summed E-state index contributed by atoms with van der Waals surface area (Å²) in [5.41, 5.74) is -0.169. The summed E-state index contributed by atoms with van der Waals surface area (Å²) in [5, 5.41) is 8.97. The highest BCUT2D eigenvalue weighted by atomic mass is 127. The molecule has 0 radical (unpaired) electrons. The second-order valence-electron chi connectivity index (χ2n) is 2.61. The Labute approximate surface area is 101 Å². The molecule has 0 aliphatic rings. The Kier molecular flexibility index (Phi) is 3.81. The zero-order valence-corrected chi connectivity index (χ0v) is 10.4. The first-order valence-corrected chi connectivity index (χ1v) is 5.39. The van der Waals surface area contributed by atoms with E-state index in [1.807, 2.05) is 22.6 Å². The van der Waals surface area contributed by atoms with Crippen LogP contribution >= 0.6 is 38.5 Å². The van der Waals surface area contributed by atoms with Crippen molar-refractivity contribution < 1.29 is 18.3 Å². The van der Waals surface area contributed by atoms with E-state index in [9.17, 15) is 13.2 Å². The molecule has 0 aliphatic carbocycles. The molecular formula is C8H5BrF3IO. The fraction of sp³-hybridized carbons (Fsp3) is 0.250. The first-order valence-electron chi connectivity index (χ1n) is 3.52. The summed E-state index contributed by atoms with van der Waals surface area (Å²) in [7, 11) is 0. The van der Waals surface area contributed by atoms with Crippen molar-refractivity contribution >= 4 is 38.5 Å². The number of aliphatic hydroxyl groups is 1. The van der Waals surface area contributed by atoms with Crippen LogP contribution < -0.4 is 0 Å². The number of benzene rings is 1. The van der Waals surface area contributed by atoms with E-state index in [0.29, 0.717) is 0 Å². The number of alkyl halides is 3. The maximum absolute atomic E-state index is 12.1. The summed E-state index contributed by atoms with van der Waals surface area (Å²) < 4.78 is 37.5. The fourth-order valence-corrected chi connectivity index (χ4v) is 2.41. The largest absolute Gasteiger partial charge is 0.418 e. The van der Waals surface area contributed by atoms with Crippen molar-refractivity contribution in [1.82, 2.24) is 0 Å². The molecule has 1 nitrogen and oxygen atoms in total. The average molecular weight is 381 g/mol. The highest BCUT2D eigenvalue weighted by Crippen LogP contribution is 2.36. The van der Waals surface area contributed by atoms with Crippen LogP contribution in [0.2, 0.25) is 0 Å². The number of hydrogen-bond acceptors (Lipinski definition) is 1. The molecule has 0 amide bonds. The van der Waals surface area contributed by atoms with Crippen LogP contribution in [0.15, 0.2) is 22.7 Å². The van der Waals surface area contributed by atoms with Crippen LogP contribution in [0.1, 0.15) is 11.7 Å². The third-order valence-corrected chi connectivity index (χ3v) is 2.92. The van der Waals surface area contributed by atoms with Crippen LogP contribution in [0, 0.1) is 3.57 Å². The lowest BCUT2D eigenvalue weighted by Crippen LogP contribution is -2.20. The maximum Gasteiger partial charge on any atom is 0.418 e. The second-order valence-corrected chi connectivity index (χ2v) is 4.71. The maximum atomic E-state index is 12.1. The van der Waals surface area contributed by atoms with Crippen molar-refractivity contribution in [1.29, 1.82) is 0 Å². The predicted molar refractivity (Wildman–Crippen MR) is 57.9 cm³/mol. The van der Waals surface area contributed by atoms with E-state index < -0.39 is 12.3 Å². The molecule has 1 N–H and O–H groups in total. The summed E-state index contributed by atoms with van der Waals surface area (Å²) >= 11 is 4.95. The number of aliphatic hydroxyl groups excluding tert-OH is 1. The predicted octanol–water partition coefficient (Wildman–Crippen LogP) is 3.65. The first kappa shape index (κ1) is 12.3. The van der Waals surface area contributed by atoms with Gasteiger partial charge < -0.3 is 5.11 Å². The van der Waals surface area contributed by atoms with Crippen molar-refractivity contribution in [3.63, 3.8) is 0 Å². The Morgan fingerprint density at radius 1 is 1.36 bits per heavy atom. The van der Waals surface area contributed by atoms with E-state index >= 15 is 0 Å². The van der Waals surface area contributed by atoms with Crippen LogP contribution in [0.4, 0.5) is 13.2 Å².